The van der Waals surface area contributed by atoms with Crippen molar-refractivity contribution in [2.45, 2.75) is 26.7 Å². The van der Waals surface area contributed by atoms with E-state index in [0.717, 1.165) is 16.8 Å². The zero-order valence-corrected chi connectivity index (χ0v) is 14.3. The SMILES string of the molecule is Cc1ccc(-c2cc(CCC(=O)c3ccc(C)nc3)on2)c(Cl)c1. The van der Waals surface area contributed by atoms with Crippen LogP contribution in [0.2, 0.25) is 5.02 Å². The van der Waals surface area contributed by atoms with Crippen molar-refractivity contribution in [1.82, 2.24) is 10.1 Å². The van der Waals surface area contributed by atoms with Crippen LogP contribution in [0.1, 0.15) is 33.8 Å². The predicted molar refractivity (Wildman–Crippen MR) is 93.3 cm³/mol. The lowest BCUT2D eigenvalue weighted by Crippen LogP contribution is -2.01. The summed E-state index contributed by atoms with van der Waals surface area (Å²) in [6.45, 7) is 3.87. The fourth-order valence-electron chi connectivity index (χ4n) is 2.40. The maximum atomic E-state index is 12.2. The van der Waals surface area contributed by atoms with Crippen LogP contribution >= 0.6 is 11.6 Å². The van der Waals surface area contributed by atoms with Crippen LogP contribution in [0.15, 0.2) is 47.1 Å². The molecule has 0 spiro atoms. The van der Waals surface area contributed by atoms with Crippen LogP contribution in [0, 0.1) is 13.8 Å². The fraction of sp³-hybridized carbons (Fsp3) is 0.211. The number of nitrogens with zero attached hydrogens (tertiary/aromatic N) is 2. The Balaban J connectivity index is 1.68. The third kappa shape index (κ3) is 3.71. The minimum absolute atomic E-state index is 0.0359. The Kier molecular flexibility index (Phi) is 4.76. The molecule has 122 valence electrons. The number of benzene rings is 1. The van der Waals surface area contributed by atoms with Crippen LogP contribution in [-0.4, -0.2) is 15.9 Å². The second kappa shape index (κ2) is 6.97. The molecule has 0 amide bonds. The topological polar surface area (TPSA) is 56.0 Å². The molecule has 1 aromatic carbocycles. The molecule has 4 nitrogen and oxygen atoms in total. The third-order valence-electron chi connectivity index (χ3n) is 3.79. The van der Waals surface area contributed by atoms with Crippen LogP contribution in [-0.2, 0) is 6.42 Å². The summed E-state index contributed by atoms with van der Waals surface area (Å²) in [7, 11) is 0. The van der Waals surface area contributed by atoms with Gasteiger partial charge < -0.3 is 4.52 Å². The molecule has 0 aliphatic heterocycles. The standard InChI is InChI=1S/C19H17ClN2O2/c1-12-3-7-16(17(20)9-12)18-10-15(24-22-18)6-8-19(23)14-5-4-13(2)21-11-14/h3-5,7,9-11H,6,8H2,1-2H3. The summed E-state index contributed by atoms with van der Waals surface area (Å²) < 4.78 is 5.33. The van der Waals surface area contributed by atoms with E-state index in [1.807, 2.05) is 44.2 Å². The molecule has 3 rings (SSSR count). The molecule has 0 N–H and O–H groups in total. The number of pyridine rings is 1. The maximum Gasteiger partial charge on any atom is 0.164 e. The molecule has 0 atom stereocenters. The van der Waals surface area contributed by atoms with Crippen molar-refractivity contribution in [1.29, 1.82) is 0 Å². The number of aryl methyl sites for hydroxylation is 3. The molecule has 0 bridgehead atoms. The Morgan fingerprint density at radius 3 is 2.71 bits per heavy atom. The summed E-state index contributed by atoms with van der Waals surface area (Å²) >= 11 is 6.25. The van der Waals surface area contributed by atoms with Crippen LogP contribution < -0.4 is 0 Å². The Labute approximate surface area is 145 Å². The first-order chi connectivity index (χ1) is 11.5. The summed E-state index contributed by atoms with van der Waals surface area (Å²) in [5.41, 5.74) is 4.10. The predicted octanol–water partition coefficient (Wildman–Crippen LogP) is 4.82. The van der Waals surface area contributed by atoms with Gasteiger partial charge in [0.05, 0.1) is 5.02 Å². The van der Waals surface area contributed by atoms with Gasteiger partial charge in [-0.2, -0.15) is 0 Å². The van der Waals surface area contributed by atoms with E-state index in [4.69, 9.17) is 16.1 Å². The number of ketones is 1. The highest BCUT2D eigenvalue weighted by Crippen LogP contribution is 2.28. The molecule has 0 radical (unpaired) electrons. The summed E-state index contributed by atoms with van der Waals surface area (Å²) in [6.07, 6.45) is 2.44. The lowest BCUT2D eigenvalue weighted by molar-refractivity contribution is 0.0980. The number of halogens is 1. The van der Waals surface area contributed by atoms with E-state index in [1.54, 1.807) is 12.3 Å². The zero-order valence-electron chi connectivity index (χ0n) is 13.5. The van der Waals surface area contributed by atoms with Gasteiger partial charge >= 0.3 is 0 Å². The quantitative estimate of drug-likeness (QED) is 0.625. The first-order valence-corrected chi connectivity index (χ1v) is 8.09. The molecule has 0 aliphatic rings. The lowest BCUT2D eigenvalue weighted by atomic mass is 10.1. The molecule has 0 aliphatic carbocycles. The highest BCUT2D eigenvalue weighted by Gasteiger charge is 2.12. The van der Waals surface area contributed by atoms with Gasteiger partial charge in [-0.05, 0) is 37.6 Å². The van der Waals surface area contributed by atoms with Crippen molar-refractivity contribution in [3.8, 4) is 11.3 Å². The normalized spacial score (nSPS) is 10.8. The first-order valence-electron chi connectivity index (χ1n) is 7.71. The number of hydrogen-bond donors (Lipinski definition) is 0. The minimum Gasteiger partial charge on any atom is -0.361 e. The number of carbonyl (C=O) groups is 1. The molecule has 0 saturated carbocycles. The van der Waals surface area contributed by atoms with Crippen molar-refractivity contribution in [2.24, 2.45) is 0 Å². The van der Waals surface area contributed by atoms with E-state index >= 15 is 0 Å². The molecule has 3 aromatic rings. The molecule has 2 aromatic heterocycles. The van der Waals surface area contributed by atoms with Gasteiger partial charge in [0.25, 0.3) is 0 Å². The van der Waals surface area contributed by atoms with Crippen molar-refractivity contribution < 1.29 is 9.32 Å². The summed E-state index contributed by atoms with van der Waals surface area (Å²) in [4.78, 5) is 16.3. The van der Waals surface area contributed by atoms with Crippen LogP contribution in [0.3, 0.4) is 0 Å². The van der Waals surface area contributed by atoms with Gasteiger partial charge in [0.1, 0.15) is 11.5 Å². The Morgan fingerprint density at radius 1 is 1.17 bits per heavy atom. The fourth-order valence-corrected chi connectivity index (χ4v) is 2.73. The smallest absolute Gasteiger partial charge is 0.164 e. The summed E-state index contributed by atoms with van der Waals surface area (Å²) in [5, 5.41) is 4.69. The first kappa shape index (κ1) is 16.4. The van der Waals surface area contributed by atoms with Gasteiger partial charge in [0.2, 0.25) is 0 Å². The molecule has 2 heterocycles. The number of Topliss-reactive ketones (excluding diaryl/α,β-unsaturated/α-hetero) is 1. The minimum atomic E-state index is 0.0359. The van der Waals surface area contributed by atoms with Crippen molar-refractivity contribution in [2.75, 3.05) is 0 Å². The molecular weight excluding hydrogens is 324 g/mol. The maximum absolute atomic E-state index is 12.2. The van der Waals surface area contributed by atoms with Crippen molar-refractivity contribution in [3.63, 3.8) is 0 Å². The van der Waals surface area contributed by atoms with Gasteiger partial charge in [-0.3, -0.25) is 9.78 Å². The Morgan fingerprint density at radius 2 is 2.00 bits per heavy atom. The van der Waals surface area contributed by atoms with E-state index in [2.05, 4.69) is 10.1 Å². The van der Waals surface area contributed by atoms with E-state index in [-0.39, 0.29) is 5.78 Å². The second-order valence-electron chi connectivity index (χ2n) is 5.77. The van der Waals surface area contributed by atoms with E-state index in [0.29, 0.717) is 34.9 Å². The summed E-state index contributed by atoms with van der Waals surface area (Å²) in [5.74, 6) is 0.698. The van der Waals surface area contributed by atoms with E-state index in [9.17, 15) is 4.79 Å². The van der Waals surface area contributed by atoms with Gasteiger partial charge in [-0.1, -0.05) is 28.9 Å². The van der Waals surface area contributed by atoms with Crippen LogP contribution in [0.4, 0.5) is 0 Å². The van der Waals surface area contributed by atoms with Crippen LogP contribution in [0.25, 0.3) is 11.3 Å². The molecule has 24 heavy (non-hydrogen) atoms. The lowest BCUT2D eigenvalue weighted by Gasteiger charge is -2.00. The van der Waals surface area contributed by atoms with E-state index in [1.165, 1.54) is 0 Å². The van der Waals surface area contributed by atoms with Crippen LogP contribution in [0.5, 0.6) is 0 Å². The molecular formula is C19H17ClN2O2. The molecule has 5 heteroatoms. The third-order valence-corrected chi connectivity index (χ3v) is 4.10. The van der Waals surface area contributed by atoms with Gasteiger partial charge in [0.15, 0.2) is 5.78 Å². The van der Waals surface area contributed by atoms with Crippen molar-refractivity contribution >= 4 is 17.4 Å². The number of carbonyl (C=O) groups excluding carboxylic acids is 1. The highest BCUT2D eigenvalue weighted by atomic mass is 35.5. The van der Waals surface area contributed by atoms with Gasteiger partial charge in [0, 0.05) is 41.9 Å². The Hall–Kier alpha value is -2.46. The second-order valence-corrected chi connectivity index (χ2v) is 6.18. The molecule has 0 saturated heterocycles. The average molecular weight is 341 g/mol. The average Bonchev–Trinajstić information content (AvgIpc) is 3.02. The zero-order chi connectivity index (χ0) is 17.1. The number of aromatic nitrogens is 2. The van der Waals surface area contributed by atoms with Gasteiger partial charge in [-0.25, -0.2) is 0 Å². The van der Waals surface area contributed by atoms with Gasteiger partial charge in [-0.15, -0.1) is 0 Å². The number of hydrogen-bond acceptors (Lipinski definition) is 4. The summed E-state index contributed by atoms with van der Waals surface area (Å²) in [6, 6.07) is 11.2. The monoisotopic (exact) mass is 340 g/mol. The largest absolute Gasteiger partial charge is 0.361 e. The number of rotatable bonds is 5. The molecule has 0 unspecified atom stereocenters. The Bertz CT molecular complexity index is 869. The molecule has 0 fully saturated rings. The van der Waals surface area contributed by atoms with E-state index < -0.39 is 0 Å². The van der Waals surface area contributed by atoms with Crippen molar-refractivity contribution in [3.05, 3.63) is 70.2 Å². The highest BCUT2D eigenvalue weighted by molar-refractivity contribution is 6.33.